The molecule has 19 heavy (non-hydrogen) atoms. The summed E-state index contributed by atoms with van der Waals surface area (Å²) in [6, 6.07) is 7.83. The Hall–Kier alpha value is -1.74. The number of nitriles is 1. The summed E-state index contributed by atoms with van der Waals surface area (Å²) in [4.78, 5) is 13.3. The third kappa shape index (κ3) is 3.38. The van der Waals surface area contributed by atoms with Crippen LogP contribution in [0.25, 0.3) is 0 Å². The number of ether oxygens (including phenoxy) is 1. The first kappa shape index (κ1) is 13.7. The lowest BCUT2D eigenvalue weighted by atomic mass is 10.2. The average molecular weight is 324 g/mol. The number of amides is 1. The van der Waals surface area contributed by atoms with Crippen LogP contribution in [0.2, 0.25) is 0 Å². The molecule has 0 spiro atoms. The van der Waals surface area contributed by atoms with E-state index in [4.69, 9.17) is 5.26 Å². The summed E-state index contributed by atoms with van der Waals surface area (Å²) in [5.41, 5.74) is 1.61. The monoisotopic (exact) mass is 323 g/mol. The van der Waals surface area contributed by atoms with Crippen molar-refractivity contribution in [2.45, 2.75) is 12.5 Å². The zero-order chi connectivity index (χ0) is 13.8. The molecule has 0 aromatic heterocycles. The number of nitrogens with zero attached hydrogens (tertiary/aromatic N) is 2. The van der Waals surface area contributed by atoms with E-state index in [0.717, 1.165) is 29.7 Å². The quantitative estimate of drug-likeness (QED) is 0.906. The number of hydrogen-bond donors (Lipinski definition) is 1. The minimum Gasteiger partial charge on any atom is -0.453 e. The maximum Gasteiger partial charge on any atom is 0.407 e. The number of halogens is 1. The van der Waals surface area contributed by atoms with E-state index >= 15 is 0 Å². The molecule has 5 nitrogen and oxygen atoms in total. The molecule has 1 aliphatic heterocycles. The topological polar surface area (TPSA) is 65.4 Å². The number of rotatable bonds is 2. The second kappa shape index (κ2) is 5.93. The van der Waals surface area contributed by atoms with Gasteiger partial charge in [-0.05, 0) is 24.6 Å². The summed E-state index contributed by atoms with van der Waals surface area (Å²) in [7, 11) is 1.36. The molecule has 6 heteroatoms. The van der Waals surface area contributed by atoms with Crippen molar-refractivity contribution >= 4 is 27.7 Å². The van der Waals surface area contributed by atoms with E-state index in [9.17, 15) is 4.79 Å². The van der Waals surface area contributed by atoms with Crippen molar-refractivity contribution in [1.29, 1.82) is 5.26 Å². The standard InChI is InChI=1S/C13H14BrN3O2/c1-19-13(18)16-11-2-3-17(8-11)12-5-9(7-15)4-10(14)6-12/h4-6,11H,2-3,8H2,1H3,(H,16,18). The first-order chi connectivity index (χ1) is 9.12. The van der Waals surface area contributed by atoms with Crippen LogP contribution in [0.1, 0.15) is 12.0 Å². The van der Waals surface area contributed by atoms with Crippen LogP contribution < -0.4 is 10.2 Å². The molecule has 2 rings (SSSR count). The minimum absolute atomic E-state index is 0.0805. The van der Waals surface area contributed by atoms with E-state index in [1.807, 2.05) is 12.1 Å². The fourth-order valence-electron chi connectivity index (χ4n) is 2.16. The zero-order valence-corrected chi connectivity index (χ0v) is 12.1. The predicted molar refractivity (Wildman–Crippen MR) is 75.0 cm³/mol. The van der Waals surface area contributed by atoms with Crippen molar-refractivity contribution in [3.63, 3.8) is 0 Å². The van der Waals surface area contributed by atoms with Crippen LogP contribution in [-0.4, -0.2) is 32.3 Å². The normalized spacial score (nSPS) is 17.9. The summed E-state index contributed by atoms with van der Waals surface area (Å²) in [5.74, 6) is 0. The van der Waals surface area contributed by atoms with E-state index in [-0.39, 0.29) is 6.04 Å². The fraction of sp³-hybridized carbons (Fsp3) is 0.385. The molecule has 1 heterocycles. The summed E-state index contributed by atoms with van der Waals surface area (Å²) >= 11 is 3.40. The van der Waals surface area contributed by atoms with Crippen LogP contribution in [0.15, 0.2) is 22.7 Å². The van der Waals surface area contributed by atoms with Gasteiger partial charge in [0.15, 0.2) is 0 Å². The highest BCUT2D eigenvalue weighted by molar-refractivity contribution is 9.10. The Labute approximate surface area is 120 Å². The van der Waals surface area contributed by atoms with Gasteiger partial charge in [0.05, 0.1) is 24.8 Å². The second-order valence-corrected chi connectivity index (χ2v) is 5.29. The molecule has 1 aliphatic rings. The van der Waals surface area contributed by atoms with E-state index in [2.05, 4.69) is 37.0 Å². The van der Waals surface area contributed by atoms with Gasteiger partial charge in [-0.25, -0.2) is 4.79 Å². The molecular weight excluding hydrogens is 310 g/mol. The SMILES string of the molecule is COC(=O)NC1CCN(c2cc(Br)cc(C#N)c2)C1. The molecule has 100 valence electrons. The lowest BCUT2D eigenvalue weighted by molar-refractivity contribution is 0.167. The summed E-state index contributed by atoms with van der Waals surface area (Å²) in [6.45, 7) is 1.56. The van der Waals surface area contributed by atoms with Gasteiger partial charge in [0.1, 0.15) is 0 Å². The van der Waals surface area contributed by atoms with Crippen LogP contribution in [0.5, 0.6) is 0 Å². The Morgan fingerprint density at radius 3 is 3.05 bits per heavy atom. The average Bonchev–Trinajstić information content (AvgIpc) is 2.86. The second-order valence-electron chi connectivity index (χ2n) is 4.38. The number of methoxy groups -OCH3 is 1. The van der Waals surface area contributed by atoms with Gasteiger partial charge in [-0.15, -0.1) is 0 Å². The van der Waals surface area contributed by atoms with Gasteiger partial charge in [0, 0.05) is 23.2 Å². The molecule has 1 atom stereocenters. The summed E-state index contributed by atoms with van der Waals surface area (Å²) < 4.78 is 5.47. The molecule has 0 aliphatic carbocycles. The Kier molecular flexibility index (Phi) is 4.27. The molecular formula is C13H14BrN3O2. The maximum atomic E-state index is 11.2. The van der Waals surface area contributed by atoms with Crippen molar-refractivity contribution in [3.05, 3.63) is 28.2 Å². The van der Waals surface area contributed by atoms with Gasteiger partial charge >= 0.3 is 6.09 Å². The first-order valence-electron chi connectivity index (χ1n) is 5.92. The third-order valence-corrected chi connectivity index (χ3v) is 3.53. The smallest absolute Gasteiger partial charge is 0.407 e. The lowest BCUT2D eigenvalue weighted by Crippen LogP contribution is -2.36. The lowest BCUT2D eigenvalue weighted by Gasteiger charge is -2.19. The Morgan fingerprint density at radius 2 is 2.37 bits per heavy atom. The van der Waals surface area contributed by atoms with Crippen molar-refractivity contribution in [3.8, 4) is 6.07 Å². The van der Waals surface area contributed by atoms with Gasteiger partial charge in [0.2, 0.25) is 0 Å². The van der Waals surface area contributed by atoms with Gasteiger partial charge in [-0.1, -0.05) is 15.9 Å². The first-order valence-corrected chi connectivity index (χ1v) is 6.72. The number of carbonyl (C=O) groups excluding carboxylic acids is 1. The minimum atomic E-state index is -0.404. The highest BCUT2D eigenvalue weighted by Crippen LogP contribution is 2.25. The maximum absolute atomic E-state index is 11.2. The molecule has 0 bridgehead atoms. The number of hydrogen-bond acceptors (Lipinski definition) is 4. The van der Waals surface area contributed by atoms with Crippen molar-refractivity contribution in [2.24, 2.45) is 0 Å². The molecule has 1 aromatic rings. The van der Waals surface area contributed by atoms with Crippen LogP contribution in [0, 0.1) is 11.3 Å². The van der Waals surface area contributed by atoms with Crippen molar-refractivity contribution in [2.75, 3.05) is 25.1 Å². The molecule has 1 fully saturated rings. The number of nitrogens with one attached hydrogen (secondary N) is 1. The molecule has 1 saturated heterocycles. The van der Waals surface area contributed by atoms with Gasteiger partial charge < -0.3 is 15.0 Å². The van der Waals surface area contributed by atoms with Crippen molar-refractivity contribution in [1.82, 2.24) is 5.32 Å². The van der Waals surface area contributed by atoms with Crippen LogP contribution in [0.3, 0.4) is 0 Å². The summed E-state index contributed by atoms with van der Waals surface area (Å²) in [5, 5.41) is 11.8. The van der Waals surface area contributed by atoms with E-state index < -0.39 is 6.09 Å². The largest absolute Gasteiger partial charge is 0.453 e. The van der Waals surface area contributed by atoms with Crippen LogP contribution in [0.4, 0.5) is 10.5 Å². The van der Waals surface area contributed by atoms with Gasteiger partial charge in [0.25, 0.3) is 0 Å². The predicted octanol–water partition coefficient (Wildman–Crippen LogP) is 2.26. The highest BCUT2D eigenvalue weighted by atomic mass is 79.9. The Balaban J connectivity index is 2.06. The van der Waals surface area contributed by atoms with Crippen LogP contribution >= 0.6 is 15.9 Å². The molecule has 1 N–H and O–H groups in total. The van der Waals surface area contributed by atoms with Crippen molar-refractivity contribution < 1.29 is 9.53 Å². The van der Waals surface area contributed by atoms with Gasteiger partial charge in [-0.2, -0.15) is 5.26 Å². The molecule has 1 amide bonds. The third-order valence-electron chi connectivity index (χ3n) is 3.07. The van der Waals surface area contributed by atoms with E-state index in [0.29, 0.717) is 5.56 Å². The number of alkyl carbamates (subject to hydrolysis) is 1. The van der Waals surface area contributed by atoms with E-state index in [1.165, 1.54) is 7.11 Å². The number of carbonyl (C=O) groups is 1. The zero-order valence-electron chi connectivity index (χ0n) is 10.5. The Bertz CT molecular complexity index is 527. The molecule has 0 saturated carbocycles. The Morgan fingerprint density at radius 1 is 1.58 bits per heavy atom. The molecule has 1 aromatic carbocycles. The summed E-state index contributed by atoms with van der Waals surface area (Å²) in [6.07, 6.45) is 0.461. The highest BCUT2D eigenvalue weighted by Gasteiger charge is 2.24. The number of anilines is 1. The van der Waals surface area contributed by atoms with Gasteiger partial charge in [-0.3, -0.25) is 0 Å². The molecule has 1 unspecified atom stereocenters. The number of benzene rings is 1. The van der Waals surface area contributed by atoms with Crippen LogP contribution in [-0.2, 0) is 4.74 Å². The van der Waals surface area contributed by atoms with E-state index in [1.54, 1.807) is 6.07 Å². The fourth-order valence-corrected chi connectivity index (χ4v) is 2.64. The molecule has 0 radical (unpaired) electrons.